The van der Waals surface area contributed by atoms with E-state index in [9.17, 15) is 18.0 Å². The smallest absolute Gasteiger partial charge is 0.475 e. The summed E-state index contributed by atoms with van der Waals surface area (Å²) in [6.45, 7) is 4.03. The number of aliphatic carboxylic acids is 1. The summed E-state index contributed by atoms with van der Waals surface area (Å²) in [6.07, 6.45) is 2.19. The number of carbonyl (C=O) groups is 2. The number of carboxylic acids is 1. The number of amides is 1. The van der Waals surface area contributed by atoms with Gasteiger partial charge in [-0.2, -0.15) is 18.3 Å². The standard InChI is InChI=1S/C25H21N5O.C2HF3O2/c1-17-5-3-7-22(18(17)2)28-25(31)23-12-14-27-30(23)24-11-10-21-9-8-20(16-29(21)24)19-6-4-13-26-15-19;3-2(4,5)1(6)7/h3-16H,1-2H3,(H,28,31);(H,6,7). The Morgan fingerprint density at radius 3 is 2.34 bits per heavy atom. The van der Waals surface area contributed by atoms with Crippen molar-refractivity contribution in [1.82, 2.24) is 19.2 Å². The van der Waals surface area contributed by atoms with Crippen LogP contribution in [0.25, 0.3) is 22.5 Å². The Morgan fingerprint density at radius 2 is 1.66 bits per heavy atom. The van der Waals surface area contributed by atoms with Crippen molar-refractivity contribution in [2.24, 2.45) is 0 Å². The van der Waals surface area contributed by atoms with E-state index in [1.807, 2.05) is 79.2 Å². The van der Waals surface area contributed by atoms with Crippen LogP contribution in [0.15, 0.2) is 85.5 Å². The minimum absolute atomic E-state index is 0.204. The number of pyridine rings is 2. The summed E-state index contributed by atoms with van der Waals surface area (Å²) < 4.78 is 35.4. The van der Waals surface area contributed by atoms with Gasteiger partial charge in [-0.1, -0.05) is 24.3 Å². The monoisotopic (exact) mass is 521 g/mol. The highest BCUT2D eigenvalue weighted by molar-refractivity contribution is 6.03. The lowest BCUT2D eigenvalue weighted by Crippen LogP contribution is -2.21. The van der Waals surface area contributed by atoms with Crippen molar-refractivity contribution >= 4 is 23.1 Å². The second-order valence-corrected chi connectivity index (χ2v) is 8.28. The van der Waals surface area contributed by atoms with E-state index in [1.54, 1.807) is 23.1 Å². The summed E-state index contributed by atoms with van der Waals surface area (Å²) in [4.78, 5) is 26.2. The molecule has 0 saturated heterocycles. The van der Waals surface area contributed by atoms with E-state index in [2.05, 4.69) is 21.5 Å². The van der Waals surface area contributed by atoms with Crippen LogP contribution in [0.5, 0.6) is 0 Å². The summed E-state index contributed by atoms with van der Waals surface area (Å²) in [6, 6.07) is 19.6. The number of aryl methyl sites for hydroxylation is 1. The van der Waals surface area contributed by atoms with Crippen LogP contribution in [0.2, 0.25) is 0 Å². The molecule has 4 aromatic heterocycles. The van der Waals surface area contributed by atoms with Gasteiger partial charge in [0.15, 0.2) is 0 Å². The molecule has 5 aromatic rings. The first kappa shape index (κ1) is 26.1. The largest absolute Gasteiger partial charge is 0.490 e. The van der Waals surface area contributed by atoms with Gasteiger partial charge in [-0.25, -0.2) is 9.48 Å². The number of nitrogens with zero attached hydrogens (tertiary/aromatic N) is 4. The number of carboxylic acid groups (broad SMARTS) is 1. The number of aromatic nitrogens is 4. The van der Waals surface area contributed by atoms with Gasteiger partial charge >= 0.3 is 12.1 Å². The molecule has 0 atom stereocenters. The maximum absolute atomic E-state index is 13.1. The molecule has 8 nitrogen and oxygen atoms in total. The highest BCUT2D eigenvalue weighted by atomic mass is 19.4. The Balaban J connectivity index is 0.000000426. The molecular formula is C27H22F3N5O3. The molecule has 0 unspecified atom stereocenters. The maximum atomic E-state index is 13.1. The lowest BCUT2D eigenvalue weighted by atomic mass is 10.1. The van der Waals surface area contributed by atoms with Gasteiger partial charge in [-0.05, 0) is 66.9 Å². The molecule has 0 saturated carbocycles. The average molecular weight is 521 g/mol. The molecule has 0 bridgehead atoms. The predicted octanol–water partition coefficient (Wildman–Crippen LogP) is 5.69. The molecule has 5 rings (SSSR count). The first-order valence-corrected chi connectivity index (χ1v) is 11.3. The van der Waals surface area contributed by atoms with Crippen LogP contribution in [-0.2, 0) is 4.79 Å². The van der Waals surface area contributed by atoms with Crippen LogP contribution in [0, 0.1) is 13.8 Å². The van der Waals surface area contributed by atoms with Crippen molar-refractivity contribution in [2.45, 2.75) is 20.0 Å². The fourth-order valence-corrected chi connectivity index (χ4v) is 3.69. The van der Waals surface area contributed by atoms with Crippen LogP contribution >= 0.6 is 0 Å². The number of halogens is 3. The number of nitrogens with one attached hydrogen (secondary N) is 1. The summed E-state index contributed by atoms with van der Waals surface area (Å²) in [5.41, 5.74) is 6.52. The van der Waals surface area contributed by atoms with Crippen molar-refractivity contribution < 1.29 is 27.9 Å². The van der Waals surface area contributed by atoms with E-state index in [0.717, 1.165) is 39.3 Å². The molecule has 0 aliphatic heterocycles. The third-order valence-electron chi connectivity index (χ3n) is 5.81. The minimum atomic E-state index is -5.08. The molecule has 1 amide bonds. The highest BCUT2D eigenvalue weighted by Crippen LogP contribution is 2.24. The zero-order valence-corrected chi connectivity index (χ0v) is 20.3. The van der Waals surface area contributed by atoms with Crippen LogP contribution in [0.3, 0.4) is 0 Å². The van der Waals surface area contributed by atoms with Gasteiger partial charge in [-0.15, -0.1) is 0 Å². The number of fused-ring (bicyclic) bond motifs is 1. The maximum Gasteiger partial charge on any atom is 0.490 e. The highest BCUT2D eigenvalue weighted by Gasteiger charge is 2.38. The van der Waals surface area contributed by atoms with E-state index in [0.29, 0.717) is 5.69 Å². The third-order valence-corrected chi connectivity index (χ3v) is 5.81. The Hall–Kier alpha value is -4.93. The first-order chi connectivity index (χ1) is 18.1. The van der Waals surface area contributed by atoms with Crippen molar-refractivity contribution in [2.75, 3.05) is 5.32 Å². The molecular weight excluding hydrogens is 499 g/mol. The topological polar surface area (TPSA) is 102 Å². The quantitative estimate of drug-likeness (QED) is 0.317. The molecule has 4 heterocycles. The first-order valence-electron chi connectivity index (χ1n) is 11.3. The van der Waals surface area contributed by atoms with E-state index >= 15 is 0 Å². The zero-order chi connectivity index (χ0) is 27.4. The Kier molecular flexibility index (Phi) is 7.28. The number of rotatable bonds is 4. The van der Waals surface area contributed by atoms with E-state index < -0.39 is 12.1 Å². The van der Waals surface area contributed by atoms with Crippen molar-refractivity contribution in [3.05, 3.63) is 102 Å². The van der Waals surface area contributed by atoms with Gasteiger partial charge in [0.2, 0.25) is 0 Å². The van der Waals surface area contributed by atoms with Crippen LogP contribution in [0.1, 0.15) is 21.6 Å². The Morgan fingerprint density at radius 1 is 0.921 bits per heavy atom. The van der Waals surface area contributed by atoms with Gasteiger partial charge in [0.05, 0.1) is 6.20 Å². The molecule has 0 aliphatic rings. The summed E-state index contributed by atoms with van der Waals surface area (Å²) in [7, 11) is 0. The van der Waals surface area contributed by atoms with Gasteiger partial charge in [-0.3, -0.25) is 9.78 Å². The lowest BCUT2D eigenvalue weighted by molar-refractivity contribution is -0.192. The molecule has 1 aromatic carbocycles. The van der Waals surface area contributed by atoms with Crippen LogP contribution in [0.4, 0.5) is 18.9 Å². The van der Waals surface area contributed by atoms with Gasteiger partial charge in [0.25, 0.3) is 5.91 Å². The third kappa shape index (κ3) is 5.56. The fourth-order valence-electron chi connectivity index (χ4n) is 3.69. The fraction of sp³-hybridized carbons (Fsp3) is 0.111. The molecule has 38 heavy (non-hydrogen) atoms. The number of carbonyl (C=O) groups excluding carboxylic acids is 1. The molecule has 194 valence electrons. The lowest BCUT2D eigenvalue weighted by Gasteiger charge is -2.12. The molecule has 0 spiro atoms. The Bertz CT molecular complexity index is 1610. The number of hydrogen-bond donors (Lipinski definition) is 2. The number of anilines is 1. The van der Waals surface area contributed by atoms with Crippen molar-refractivity contribution in [3.63, 3.8) is 0 Å². The summed E-state index contributed by atoms with van der Waals surface area (Å²) in [5.74, 6) is -2.17. The molecule has 0 aliphatic carbocycles. The van der Waals surface area contributed by atoms with E-state index in [4.69, 9.17) is 9.90 Å². The average Bonchev–Trinajstić information content (AvgIpc) is 3.54. The number of benzene rings is 1. The van der Waals surface area contributed by atoms with E-state index in [1.165, 1.54) is 0 Å². The van der Waals surface area contributed by atoms with Crippen molar-refractivity contribution in [3.8, 4) is 16.9 Å². The predicted molar refractivity (Wildman–Crippen MR) is 135 cm³/mol. The second-order valence-electron chi connectivity index (χ2n) is 8.28. The minimum Gasteiger partial charge on any atom is -0.475 e. The van der Waals surface area contributed by atoms with E-state index in [-0.39, 0.29) is 5.91 Å². The SMILES string of the molecule is Cc1cccc(NC(=O)c2ccnn2-c2ccc3ccc(-c4cccnc4)cn23)c1C.O=C(O)C(F)(F)F. The zero-order valence-electron chi connectivity index (χ0n) is 20.3. The molecule has 0 radical (unpaired) electrons. The van der Waals surface area contributed by atoms with Gasteiger partial charge in [0, 0.05) is 35.4 Å². The number of alkyl halides is 3. The molecule has 11 heteroatoms. The summed E-state index contributed by atoms with van der Waals surface area (Å²) in [5, 5.41) is 14.6. The normalized spacial score (nSPS) is 11.1. The van der Waals surface area contributed by atoms with Crippen molar-refractivity contribution in [1.29, 1.82) is 0 Å². The molecule has 0 fully saturated rings. The second kappa shape index (κ2) is 10.6. The van der Waals surface area contributed by atoms with Crippen LogP contribution in [-0.4, -0.2) is 42.3 Å². The number of hydrogen-bond acceptors (Lipinski definition) is 4. The van der Waals surface area contributed by atoms with Crippen LogP contribution < -0.4 is 5.32 Å². The Labute approximate surface area is 215 Å². The summed E-state index contributed by atoms with van der Waals surface area (Å²) >= 11 is 0. The van der Waals surface area contributed by atoms with Gasteiger partial charge in [0.1, 0.15) is 11.5 Å². The van der Waals surface area contributed by atoms with Gasteiger partial charge < -0.3 is 14.8 Å². The molecule has 2 N–H and O–H groups in total.